The van der Waals surface area contributed by atoms with Crippen LogP contribution in [0.25, 0.3) is 11.1 Å². The van der Waals surface area contributed by atoms with E-state index in [2.05, 4.69) is 31.9 Å². The molecule has 0 amide bonds. The van der Waals surface area contributed by atoms with Gasteiger partial charge >= 0.3 is 0 Å². The van der Waals surface area contributed by atoms with E-state index in [1.165, 1.54) is 0 Å². The SMILES string of the molecule is O=S(=O)(c1ccc(Br)cc1)c1ccc(-c2ccc(S(=O)(=O)c3ccc(Br)cc3)cc2)cc1. The van der Waals surface area contributed by atoms with Gasteiger partial charge in [-0.15, -0.1) is 0 Å². The first-order chi connectivity index (χ1) is 15.2. The van der Waals surface area contributed by atoms with Crippen LogP contribution in [0.15, 0.2) is 126 Å². The molecule has 0 radical (unpaired) electrons. The van der Waals surface area contributed by atoms with E-state index in [0.717, 1.165) is 20.1 Å². The van der Waals surface area contributed by atoms with Crippen molar-refractivity contribution in [3.05, 3.63) is 106 Å². The normalized spacial score (nSPS) is 11.9. The Hall–Kier alpha value is -2.26. The maximum Gasteiger partial charge on any atom is 0.206 e. The minimum absolute atomic E-state index is 0.193. The number of benzene rings is 4. The Balaban J connectivity index is 1.60. The second kappa shape index (κ2) is 8.94. The van der Waals surface area contributed by atoms with E-state index in [-0.39, 0.29) is 19.6 Å². The minimum Gasteiger partial charge on any atom is -0.219 e. The number of sulfone groups is 2. The highest BCUT2D eigenvalue weighted by Crippen LogP contribution is 2.28. The molecule has 0 heterocycles. The fourth-order valence-electron chi connectivity index (χ4n) is 3.15. The van der Waals surface area contributed by atoms with Crippen LogP contribution in [0.2, 0.25) is 0 Å². The zero-order chi connectivity index (χ0) is 22.9. The highest BCUT2D eigenvalue weighted by atomic mass is 79.9. The first kappa shape index (κ1) is 22.9. The molecule has 0 saturated heterocycles. The molecule has 0 aromatic heterocycles. The molecule has 0 aliphatic rings. The Morgan fingerprint density at radius 2 is 0.594 bits per heavy atom. The van der Waals surface area contributed by atoms with Gasteiger partial charge in [-0.05, 0) is 83.9 Å². The monoisotopic (exact) mass is 590 g/mol. The van der Waals surface area contributed by atoms with E-state index < -0.39 is 19.7 Å². The number of hydrogen-bond acceptors (Lipinski definition) is 4. The molecule has 0 bridgehead atoms. The number of rotatable bonds is 5. The first-order valence-electron chi connectivity index (χ1n) is 9.40. The second-order valence-electron chi connectivity index (χ2n) is 6.96. The number of halogens is 2. The summed E-state index contributed by atoms with van der Waals surface area (Å²) in [7, 11) is -7.24. The summed E-state index contributed by atoms with van der Waals surface area (Å²) in [5, 5.41) is 0. The molecule has 0 spiro atoms. The molecule has 0 atom stereocenters. The quantitative estimate of drug-likeness (QED) is 0.264. The van der Waals surface area contributed by atoms with Gasteiger partial charge in [-0.25, -0.2) is 16.8 Å². The Bertz CT molecular complexity index is 1340. The topological polar surface area (TPSA) is 68.3 Å². The summed E-state index contributed by atoms with van der Waals surface area (Å²) in [6, 6.07) is 26.0. The van der Waals surface area contributed by atoms with Gasteiger partial charge in [0.1, 0.15) is 0 Å². The molecule has 162 valence electrons. The minimum atomic E-state index is -3.62. The average Bonchev–Trinajstić information content (AvgIpc) is 2.80. The highest BCUT2D eigenvalue weighted by Gasteiger charge is 2.19. The summed E-state index contributed by atoms with van der Waals surface area (Å²) in [6.07, 6.45) is 0. The van der Waals surface area contributed by atoms with Crippen molar-refractivity contribution < 1.29 is 16.8 Å². The molecule has 4 aromatic rings. The van der Waals surface area contributed by atoms with E-state index in [4.69, 9.17) is 0 Å². The standard InChI is InChI=1S/C24H16Br2O4S2/c25-19-5-13-23(14-6-19)31(27,28)21-9-1-17(2-10-21)18-3-11-22(12-4-18)32(29,30)24-15-7-20(26)8-16-24/h1-16H. The highest BCUT2D eigenvalue weighted by molar-refractivity contribution is 9.10. The predicted octanol–water partition coefficient (Wildman–Crippen LogP) is 6.54. The summed E-state index contributed by atoms with van der Waals surface area (Å²) >= 11 is 6.61. The van der Waals surface area contributed by atoms with Gasteiger partial charge in [-0.2, -0.15) is 0 Å². The van der Waals surface area contributed by atoms with Gasteiger partial charge in [0.15, 0.2) is 0 Å². The second-order valence-corrected chi connectivity index (χ2v) is 12.7. The summed E-state index contributed by atoms with van der Waals surface area (Å²) in [5.74, 6) is 0. The summed E-state index contributed by atoms with van der Waals surface area (Å²) in [6.45, 7) is 0. The third kappa shape index (κ3) is 4.59. The van der Waals surface area contributed by atoms with Crippen LogP contribution in [0.1, 0.15) is 0 Å². The molecule has 32 heavy (non-hydrogen) atoms. The maximum absolute atomic E-state index is 12.8. The van der Waals surface area contributed by atoms with Crippen molar-refractivity contribution in [3.8, 4) is 11.1 Å². The molecule has 0 aliphatic heterocycles. The van der Waals surface area contributed by atoms with Gasteiger partial charge in [-0.1, -0.05) is 56.1 Å². The molecule has 0 N–H and O–H groups in total. The van der Waals surface area contributed by atoms with E-state index in [1.807, 2.05) is 0 Å². The van der Waals surface area contributed by atoms with Gasteiger partial charge in [0.25, 0.3) is 0 Å². The van der Waals surface area contributed by atoms with Crippen LogP contribution in [0.3, 0.4) is 0 Å². The summed E-state index contributed by atoms with van der Waals surface area (Å²) in [5.41, 5.74) is 1.57. The molecule has 4 rings (SSSR count). The predicted molar refractivity (Wildman–Crippen MR) is 131 cm³/mol. The lowest BCUT2D eigenvalue weighted by Crippen LogP contribution is -2.02. The Kier molecular flexibility index (Phi) is 6.40. The van der Waals surface area contributed by atoms with Gasteiger partial charge in [0.2, 0.25) is 19.7 Å². The molecule has 0 aliphatic carbocycles. The van der Waals surface area contributed by atoms with Gasteiger partial charge in [0.05, 0.1) is 19.6 Å². The lowest BCUT2D eigenvalue weighted by Gasteiger charge is -2.08. The van der Waals surface area contributed by atoms with E-state index in [9.17, 15) is 16.8 Å². The van der Waals surface area contributed by atoms with Gasteiger partial charge < -0.3 is 0 Å². The van der Waals surface area contributed by atoms with Gasteiger partial charge in [0, 0.05) is 8.95 Å². The molecule has 0 fully saturated rings. The van der Waals surface area contributed by atoms with Crippen molar-refractivity contribution in [2.75, 3.05) is 0 Å². The number of hydrogen-bond donors (Lipinski definition) is 0. The third-order valence-corrected chi connectivity index (χ3v) is 9.54. The van der Waals surface area contributed by atoms with Crippen LogP contribution in [-0.2, 0) is 19.7 Å². The lowest BCUT2D eigenvalue weighted by atomic mass is 10.1. The fourth-order valence-corrected chi connectivity index (χ4v) is 6.20. The van der Waals surface area contributed by atoms with Crippen molar-refractivity contribution in [3.63, 3.8) is 0 Å². The van der Waals surface area contributed by atoms with Crippen molar-refractivity contribution in [1.29, 1.82) is 0 Å². The Labute approximate surface area is 204 Å². The first-order valence-corrected chi connectivity index (χ1v) is 13.9. The molecule has 8 heteroatoms. The zero-order valence-corrected chi connectivity index (χ0v) is 21.2. The van der Waals surface area contributed by atoms with Crippen molar-refractivity contribution >= 4 is 51.5 Å². The van der Waals surface area contributed by atoms with Crippen LogP contribution in [0.5, 0.6) is 0 Å². The van der Waals surface area contributed by atoms with Crippen LogP contribution in [0.4, 0.5) is 0 Å². The van der Waals surface area contributed by atoms with Crippen molar-refractivity contribution in [2.24, 2.45) is 0 Å². The summed E-state index contributed by atoms with van der Waals surface area (Å²) < 4.78 is 52.9. The smallest absolute Gasteiger partial charge is 0.206 e. The van der Waals surface area contributed by atoms with Crippen LogP contribution in [0, 0.1) is 0 Å². The fraction of sp³-hybridized carbons (Fsp3) is 0. The maximum atomic E-state index is 12.8. The van der Waals surface area contributed by atoms with E-state index in [0.29, 0.717) is 0 Å². The average molecular weight is 592 g/mol. The van der Waals surface area contributed by atoms with Crippen molar-refractivity contribution in [1.82, 2.24) is 0 Å². The summed E-state index contributed by atoms with van der Waals surface area (Å²) in [4.78, 5) is 0.822. The van der Waals surface area contributed by atoms with E-state index in [1.54, 1.807) is 97.1 Å². The zero-order valence-electron chi connectivity index (χ0n) is 16.4. The third-order valence-electron chi connectivity index (χ3n) is 4.91. The van der Waals surface area contributed by atoms with Gasteiger partial charge in [-0.3, -0.25) is 0 Å². The van der Waals surface area contributed by atoms with Crippen LogP contribution >= 0.6 is 31.9 Å². The van der Waals surface area contributed by atoms with E-state index >= 15 is 0 Å². The molecular weight excluding hydrogens is 576 g/mol. The lowest BCUT2D eigenvalue weighted by molar-refractivity contribution is 0.594. The van der Waals surface area contributed by atoms with Crippen LogP contribution < -0.4 is 0 Å². The molecular formula is C24H16Br2O4S2. The Morgan fingerprint density at radius 1 is 0.375 bits per heavy atom. The molecule has 0 unspecified atom stereocenters. The van der Waals surface area contributed by atoms with Crippen LogP contribution in [-0.4, -0.2) is 16.8 Å². The Morgan fingerprint density at radius 3 is 0.844 bits per heavy atom. The largest absolute Gasteiger partial charge is 0.219 e. The molecule has 4 aromatic carbocycles. The molecule has 4 nitrogen and oxygen atoms in total. The van der Waals surface area contributed by atoms with Crippen molar-refractivity contribution in [2.45, 2.75) is 19.6 Å². The molecule has 0 saturated carbocycles.